The van der Waals surface area contributed by atoms with Crippen LogP contribution in [0.3, 0.4) is 0 Å². The molecule has 0 saturated carbocycles. The molecule has 1 atom stereocenters. The third-order valence-electron chi connectivity index (χ3n) is 2.14. The summed E-state index contributed by atoms with van der Waals surface area (Å²) in [4.78, 5) is 22.4. The van der Waals surface area contributed by atoms with Gasteiger partial charge in [-0.3, -0.25) is 9.59 Å². The molecule has 1 heterocycles. The van der Waals surface area contributed by atoms with Gasteiger partial charge in [-0.2, -0.15) is 0 Å². The molecule has 0 aromatic carbocycles. The predicted molar refractivity (Wildman–Crippen MR) is 62.5 cm³/mol. The number of amides is 1. The zero-order chi connectivity index (χ0) is 11.3. The van der Waals surface area contributed by atoms with E-state index >= 15 is 0 Å². The average Bonchev–Trinajstić information content (AvgIpc) is 1.98. The molecule has 16 heavy (non-hydrogen) atoms. The molecule has 1 aliphatic rings. The van der Waals surface area contributed by atoms with Crippen LogP contribution in [0, 0.1) is 0 Å². The van der Waals surface area contributed by atoms with Crippen molar-refractivity contribution in [2.75, 3.05) is 13.1 Å². The summed E-state index contributed by atoms with van der Waals surface area (Å²) >= 11 is 0. The minimum atomic E-state index is -0.271. The minimum Gasteiger partial charge on any atom is -0.463 e. The minimum absolute atomic E-state index is 0. The number of hydrogen-bond donors (Lipinski definition) is 2. The smallest absolute Gasteiger partial charge is 0.307 e. The van der Waals surface area contributed by atoms with E-state index in [9.17, 15) is 9.59 Å². The monoisotopic (exact) mass is 250 g/mol. The quantitative estimate of drug-likeness (QED) is 0.686. The molecule has 1 saturated heterocycles. The standard InChI is InChI=1S/C10H18N2O3.ClH/c1-7(2)15-9(13)4-6-12-10(14)8-3-5-11-8;/h7-8,11H,3-6H2,1-2H3,(H,12,14);1H/t8-;/m1./s1. The maximum absolute atomic E-state index is 11.3. The Balaban J connectivity index is 0.00000225. The van der Waals surface area contributed by atoms with Crippen molar-refractivity contribution < 1.29 is 14.3 Å². The molecule has 1 rings (SSSR count). The highest BCUT2D eigenvalue weighted by Gasteiger charge is 2.23. The van der Waals surface area contributed by atoms with E-state index < -0.39 is 0 Å². The maximum atomic E-state index is 11.3. The lowest BCUT2D eigenvalue weighted by Gasteiger charge is -2.26. The summed E-state index contributed by atoms with van der Waals surface area (Å²) in [6, 6.07) is -0.0638. The van der Waals surface area contributed by atoms with Gasteiger partial charge in [0.2, 0.25) is 5.91 Å². The van der Waals surface area contributed by atoms with Crippen molar-refractivity contribution in [3.8, 4) is 0 Å². The second-order valence-electron chi connectivity index (χ2n) is 3.88. The van der Waals surface area contributed by atoms with Gasteiger partial charge in [0.25, 0.3) is 0 Å². The molecular formula is C10H19ClN2O3. The molecule has 6 heteroatoms. The number of nitrogens with one attached hydrogen (secondary N) is 2. The van der Waals surface area contributed by atoms with Gasteiger partial charge in [-0.1, -0.05) is 0 Å². The Morgan fingerprint density at radius 2 is 2.12 bits per heavy atom. The lowest BCUT2D eigenvalue weighted by atomic mass is 10.1. The number of ether oxygens (including phenoxy) is 1. The molecular weight excluding hydrogens is 232 g/mol. The molecule has 1 amide bonds. The average molecular weight is 251 g/mol. The summed E-state index contributed by atoms with van der Waals surface area (Å²) < 4.78 is 4.93. The van der Waals surface area contributed by atoms with Crippen LogP contribution >= 0.6 is 12.4 Å². The molecule has 0 bridgehead atoms. The van der Waals surface area contributed by atoms with Gasteiger partial charge in [0.15, 0.2) is 0 Å². The fourth-order valence-electron chi connectivity index (χ4n) is 1.25. The summed E-state index contributed by atoms with van der Waals surface area (Å²) in [7, 11) is 0. The molecule has 0 aromatic rings. The molecule has 0 spiro atoms. The van der Waals surface area contributed by atoms with Gasteiger partial charge < -0.3 is 15.4 Å². The van der Waals surface area contributed by atoms with Crippen LogP contribution in [-0.2, 0) is 14.3 Å². The molecule has 94 valence electrons. The normalized spacial score (nSPS) is 18.3. The number of halogens is 1. The molecule has 0 aromatic heterocycles. The van der Waals surface area contributed by atoms with Crippen LogP contribution < -0.4 is 10.6 Å². The summed E-state index contributed by atoms with van der Waals surface area (Å²) in [5.41, 5.74) is 0. The van der Waals surface area contributed by atoms with Gasteiger partial charge in [0.1, 0.15) is 0 Å². The molecule has 1 fully saturated rings. The Kier molecular flexibility index (Phi) is 7.08. The van der Waals surface area contributed by atoms with Crippen LogP contribution in [0.15, 0.2) is 0 Å². The summed E-state index contributed by atoms with van der Waals surface area (Å²) in [5.74, 6) is -0.300. The number of carbonyl (C=O) groups is 2. The first-order valence-corrected chi connectivity index (χ1v) is 5.30. The van der Waals surface area contributed by atoms with E-state index in [-0.39, 0.29) is 42.9 Å². The van der Waals surface area contributed by atoms with Gasteiger partial charge in [-0.15, -0.1) is 12.4 Å². The van der Waals surface area contributed by atoms with E-state index in [1.165, 1.54) is 0 Å². The predicted octanol–water partition coefficient (Wildman–Crippen LogP) is 0.228. The Labute approximate surface area is 102 Å². The first kappa shape index (κ1) is 15.2. The molecule has 1 aliphatic heterocycles. The number of carbonyl (C=O) groups excluding carboxylic acids is 2. The number of rotatable bonds is 5. The SMILES string of the molecule is CC(C)OC(=O)CCNC(=O)[C@H]1CCN1.Cl. The summed E-state index contributed by atoms with van der Waals surface area (Å²) in [6.07, 6.45) is 1.01. The lowest BCUT2D eigenvalue weighted by Crippen LogP contribution is -2.53. The van der Waals surface area contributed by atoms with E-state index in [0.29, 0.717) is 6.54 Å². The topological polar surface area (TPSA) is 67.4 Å². The molecule has 0 radical (unpaired) electrons. The lowest BCUT2D eigenvalue weighted by molar-refractivity contribution is -0.147. The van der Waals surface area contributed by atoms with Crippen LogP contribution in [-0.4, -0.2) is 37.1 Å². The van der Waals surface area contributed by atoms with Crippen molar-refractivity contribution >= 4 is 24.3 Å². The Morgan fingerprint density at radius 1 is 1.50 bits per heavy atom. The van der Waals surface area contributed by atoms with Crippen LogP contribution in [0.5, 0.6) is 0 Å². The Morgan fingerprint density at radius 3 is 2.56 bits per heavy atom. The molecule has 2 N–H and O–H groups in total. The van der Waals surface area contributed by atoms with Crippen LogP contribution in [0.4, 0.5) is 0 Å². The van der Waals surface area contributed by atoms with Crippen molar-refractivity contribution in [3.05, 3.63) is 0 Å². The van der Waals surface area contributed by atoms with Gasteiger partial charge in [-0.05, 0) is 26.8 Å². The van der Waals surface area contributed by atoms with Crippen LogP contribution in [0.1, 0.15) is 26.7 Å². The van der Waals surface area contributed by atoms with Crippen molar-refractivity contribution in [3.63, 3.8) is 0 Å². The molecule has 5 nitrogen and oxygen atoms in total. The highest BCUT2D eigenvalue weighted by molar-refractivity contribution is 5.85. The summed E-state index contributed by atoms with van der Waals surface area (Å²) in [5, 5.41) is 5.67. The van der Waals surface area contributed by atoms with Crippen molar-refractivity contribution in [2.45, 2.75) is 38.8 Å². The van der Waals surface area contributed by atoms with E-state index in [1.807, 2.05) is 0 Å². The largest absolute Gasteiger partial charge is 0.463 e. The fourth-order valence-corrected chi connectivity index (χ4v) is 1.25. The van der Waals surface area contributed by atoms with E-state index in [4.69, 9.17) is 4.74 Å². The highest BCUT2D eigenvalue weighted by Crippen LogP contribution is 2.01. The first-order chi connectivity index (χ1) is 7.09. The van der Waals surface area contributed by atoms with Gasteiger partial charge >= 0.3 is 5.97 Å². The molecule has 0 aliphatic carbocycles. The van der Waals surface area contributed by atoms with Gasteiger partial charge in [0.05, 0.1) is 18.6 Å². The van der Waals surface area contributed by atoms with E-state index in [2.05, 4.69) is 10.6 Å². The Hall–Kier alpha value is -0.810. The Bertz CT molecular complexity index is 242. The van der Waals surface area contributed by atoms with Crippen molar-refractivity contribution in [2.24, 2.45) is 0 Å². The number of esters is 1. The van der Waals surface area contributed by atoms with E-state index in [1.54, 1.807) is 13.8 Å². The second kappa shape index (κ2) is 7.46. The van der Waals surface area contributed by atoms with Gasteiger partial charge in [0, 0.05) is 6.54 Å². The maximum Gasteiger partial charge on any atom is 0.307 e. The second-order valence-corrected chi connectivity index (χ2v) is 3.88. The van der Waals surface area contributed by atoms with Crippen LogP contribution in [0.25, 0.3) is 0 Å². The summed E-state index contributed by atoms with van der Waals surface area (Å²) in [6.45, 7) is 4.85. The fraction of sp³-hybridized carbons (Fsp3) is 0.800. The van der Waals surface area contributed by atoms with Gasteiger partial charge in [-0.25, -0.2) is 0 Å². The first-order valence-electron chi connectivity index (χ1n) is 5.30. The van der Waals surface area contributed by atoms with Crippen molar-refractivity contribution in [1.82, 2.24) is 10.6 Å². The van der Waals surface area contributed by atoms with Crippen molar-refractivity contribution in [1.29, 1.82) is 0 Å². The highest BCUT2D eigenvalue weighted by atomic mass is 35.5. The zero-order valence-electron chi connectivity index (χ0n) is 9.62. The number of hydrogen-bond acceptors (Lipinski definition) is 4. The van der Waals surface area contributed by atoms with E-state index in [0.717, 1.165) is 13.0 Å². The molecule has 0 unspecified atom stereocenters. The third kappa shape index (κ3) is 5.32. The van der Waals surface area contributed by atoms with Crippen LogP contribution in [0.2, 0.25) is 0 Å². The third-order valence-corrected chi connectivity index (χ3v) is 2.14. The zero-order valence-corrected chi connectivity index (χ0v) is 10.4.